The average molecular weight is 407 g/mol. The fraction of sp³-hybridized carbons (Fsp3) is 0.588. The van der Waals surface area contributed by atoms with E-state index in [1.165, 1.54) is 18.2 Å². The number of hydrogen-bond acceptors (Lipinski definition) is 5. The lowest BCUT2D eigenvalue weighted by atomic mass is 9.84. The predicted molar refractivity (Wildman–Crippen MR) is 89.4 cm³/mol. The molecule has 1 amide bonds. The van der Waals surface area contributed by atoms with Gasteiger partial charge in [-0.05, 0) is 32.8 Å². The maximum atomic E-state index is 13.5. The van der Waals surface area contributed by atoms with Gasteiger partial charge < -0.3 is 14.7 Å². The summed E-state index contributed by atoms with van der Waals surface area (Å²) in [5.74, 6) is -0.373. The first-order valence-corrected chi connectivity index (χ1v) is 9.93. The minimum atomic E-state index is -6.13. The van der Waals surface area contributed by atoms with Gasteiger partial charge in [0.15, 0.2) is 0 Å². The number of carbonyl (C=O) groups is 1. The van der Waals surface area contributed by atoms with Crippen LogP contribution in [0.25, 0.3) is 0 Å². The van der Waals surface area contributed by atoms with Gasteiger partial charge in [-0.25, -0.2) is 8.42 Å². The lowest BCUT2D eigenvalue weighted by Gasteiger charge is -2.53. The fourth-order valence-electron chi connectivity index (χ4n) is 3.81. The molecular weight excluding hydrogens is 387 g/mol. The summed E-state index contributed by atoms with van der Waals surface area (Å²) < 4.78 is 71.1. The van der Waals surface area contributed by atoms with Crippen LogP contribution in [0.3, 0.4) is 0 Å². The van der Waals surface area contributed by atoms with Crippen molar-refractivity contribution in [3.05, 3.63) is 29.8 Å². The number of nitrogens with zero attached hydrogens (tertiary/aromatic N) is 1. The van der Waals surface area contributed by atoms with Crippen molar-refractivity contribution >= 4 is 15.7 Å². The zero-order valence-electron chi connectivity index (χ0n) is 14.8. The van der Waals surface area contributed by atoms with Crippen LogP contribution >= 0.6 is 0 Å². The molecule has 2 aliphatic heterocycles. The Kier molecular flexibility index (Phi) is 4.50. The first kappa shape index (κ1) is 19.9. The molecule has 0 aromatic heterocycles. The van der Waals surface area contributed by atoms with E-state index >= 15 is 0 Å². The zero-order chi connectivity index (χ0) is 20.3. The van der Waals surface area contributed by atoms with Crippen LogP contribution in [0.5, 0.6) is 5.75 Å². The molecule has 1 aromatic rings. The molecule has 1 aromatic carbocycles. The van der Waals surface area contributed by atoms with Crippen LogP contribution in [0, 0.1) is 0 Å². The number of halogens is 3. The quantitative estimate of drug-likeness (QED) is 0.815. The van der Waals surface area contributed by atoms with E-state index in [1.54, 1.807) is 6.07 Å². The summed E-state index contributed by atoms with van der Waals surface area (Å²) in [6.45, 7) is 2.20. The number of rotatable bonds is 2. The molecule has 27 heavy (non-hydrogen) atoms. The molecule has 1 N–H and O–H groups in total. The number of fused-ring (bicyclic) bond motifs is 1. The van der Waals surface area contributed by atoms with Crippen molar-refractivity contribution < 1.29 is 36.2 Å². The van der Waals surface area contributed by atoms with Gasteiger partial charge >= 0.3 is 5.51 Å². The predicted octanol–water partition coefficient (Wildman–Crippen LogP) is 2.53. The van der Waals surface area contributed by atoms with Crippen molar-refractivity contribution in [2.24, 2.45) is 0 Å². The fourth-order valence-corrected chi connectivity index (χ4v) is 5.40. The van der Waals surface area contributed by atoms with Crippen molar-refractivity contribution in [3.63, 3.8) is 0 Å². The van der Waals surface area contributed by atoms with E-state index in [-0.39, 0.29) is 24.3 Å². The third kappa shape index (κ3) is 2.72. The number of para-hydroxylation sites is 1. The first-order valence-electron chi connectivity index (χ1n) is 8.45. The molecule has 0 spiro atoms. The summed E-state index contributed by atoms with van der Waals surface area (Å²) in [4.78, 5) is 10.1. The standard InChI is InChI=1S/C17H20F3NO5S/c1-15(2)16(23,27(24,25)17(18,19)20)14(21-10-6-5-9-13(21)22)11-7-3-4-8-12(11)26-15/h3-4,7-8,14,23H,5-6,9-10H2,1-2H3/t14-,16+/m0/s1. The Morgan fingerprint density at radius 2 is 1.85 bits per heavy atom. The largest absolute Gasteiger partial charge is 0.500 e. The molecule has 0 unspecified atom stereocenters. The van der Waals surface area contributed by atoms with E-state index < -0.39 is 37.8 Å². The highest BCUT2D eigenvalue weighted by Crippen LogP contribution is 2.55. The molecule has 0 saturated carbocycles. The van der Waals surface area contributed by atoms with Crippen LogP contribution in [-0.4, -0.2) is 46.9 Å². The van der Waals surface area contributed by atoms with Crippen molar-refractivity contribution in [1.82, 2.24) is 4.90 Å². The number of likely N-dealkylation sites (tertiary alicyclic amines) is 1. The third-order valence-electron chi connectivity index (χ3n) is 5.20. The first-order chi connectivity index (χ1) is 12.3. The van der Waals surface area contributed by atoms with Gasteiger partial charge in [0.05, 0.1) is 0 Å². The van der Waals surface area contributed by atoms with Gasteiger partial charge in [0, 0.05) is 18.5 Å². The molecule has 6 nitrogen and oxygen atoms in total. The molecule has 10 heteroatoms. The van der Waals surface area contributed by atoms with E-state index in [0.717, 1.165) is 18.7 Å². The van der Waals surface area contributed by atoms with E-state index in [1.807, 2.05) is 0 Å². The van der Waals surface area contributed by atoms with Crippen LogP contribution in [-0.2, 0) is 14.6 Å². The second-order valence-corrected chi connectivity index (χ2v) is 9.33. The van der Waals surface area contributed by atoms with Gasteiger partial charge in [-0.3, -0.25) is 4.79 Å². The molecule has 150 valence electrons. The Bertz CT molecular complexity index is 868. The number of sulfone groups is 1. The number of benzene rings is 1. The summed E-state index contributed by atoms with van der Waals surface area (Å²) in [6.07, 6.45) is 1.12. The highest BCUT2D eigenvalue weighted by Gasteiger charge is 2.73. The molecule has 0 radical (unpaired) electrons. The monoisotopic (exact) mass is 407 g/mol. The Balaban J connectivity index is 2.33. The van der Waals surface area contributed by atoms with Crippen LogP contribution < -0.4 is 4.74 Å². The lowest BCUT2D eigenvalue weighted by molar-refractivity contribution is -0.159. The number of ether oxygens (including phenoxy) is 1. The van der Waals surface area contributed by atoms with Crippen molar-refractivity contribution in [2.75, 3.05) is 6.54 Å². The second kappa shape index (κ2) is 6.10. The molecule has 2 aliphatic rings. The number of aliphatic hydroxyl groups is 1. The number of alkyl halides is 3. The van der Waals surface area contributed by atoms with E-state index in [9.17, 15) is 31.5 Å². The molecule has 0 bridgehead atoms. The minimum absolute atomic E-state index is 0.0300. The molecule has 1 saturated heterocycles. The van der Waals surface area contributed by atoms with Gasteiger partial charge in [0.1, 0.15) is 17.4 Å². The Morgan fingerprint density at radius 1 is 1.22 bits per heavy atom. The van der Waals surface area contributed by atoms with Gasteiger partial charge in [-0.15, -0.1) is 0 Å². The normalized spacial score (nSPS) is 28.4. The van der Waals surface area contributed by atoms with Crippen LogP contribution in [0.1, 0.15) is 44.7 Å². The average Bonchev–Trinajstić information content (AvgIpc) is 2.55. The van der Waals surface area contributed by atoms with Crippen molar-refractivity contribution in [3.8, 4) is 5.75 Å². The van der Waals surface area contributed by atoms with Gasteiger partial charge in [0.2, 0.25) is 10.8 Å². The van der Waals surface area contributed by atoms with Crippen LogP contribution in [0.4, 0.5) is 13.2 Å². The van der Waals surface area contributed by atoms with E-state index in [0.29, 0.717) is 12.8 Å². The van der Waals surface area contributed by atoms with Gasteiger partial charge in [0.25, 0.3) is 9.84 Å². The summed E-state index contributed by atoms with van der Waals surface area (Å²) in [5, 5.41) is 11.2. The summed E-state index contributed by atoms with van der Waals surface area (Å²) in [6, 6.07) is 4.17. The number of carbonyl (C=O) groups excluding carboxylic acids is 1. The van der Waals surface area contributed by atoms with E-state index in [2.05, 4.69) is 0 Å². The molecule has 0 aliphatic carbocycles. The number of amides is 1. The maximum Gasteiger partial charge on any atom is 0.500 e. The van der Waals surface area contributed by atoms with Crippen molar-refractivity contribution in [2.45, 2.75) is 55.2 Å². The summed E-state index contributed by atoms with van der Waals surface area (Å²) in [5.41, 5.74) is -7.87. The SMILES string of the molecule is CC1(C)Oc2ccccc2[C@H](N2CCCCC2=O)[C@@]1(O)S(=O)(=O)C(F)(F)F. The highest BCUT2D eigenvalue weighted by atomic mass is 32.2. The smallest absolute Gasteiger partial charge is 0.483 e. The highest BCUT2D eigenvalue weighted by molar-refractivity contribution is 7.93. The summed E-state index contributed by atoms with van der Waals surface area (Å²) >= 11 is 0. The topological polar surface area (TPSA) is 83.9 Å². The zero-order valence-corrected chi connectivity index (χ0v) is 15.6. The maximum absolute atomic E-state index is 13.5. The number of piperidine rings is 1. The lowest BCUT2D eigenvalue weighted by Crippen LogP contribution is -2.70. The van der Waals surface area contributed by atoms with Crippen molar-refractivity contribution in [1.29, 1.82) is 0 Å². The molecule has 1 fully saturated rings. The molecule has 3 rings (SSSR count). The summed E-state index contributed by atoms with van der Waals surface area (Å²) in [7, 11) is -6.13. The second-order valence-electron chi connectivity index (χ2n) is 7.24. The Morgan fingerprint density at radius 3 is 2.44 bits per heavy atom. The number of hydrogen-bond donors (Lipinski definition) is 1. The molecular formula is C17H20F3NO5S. The molecule has 2 atom stereocenters. The Hall–Kier alpha value is -1.81. The Labute approximate surface area is 154 Å². The van der Waals surface area contributed by atoms with Crippen LogP contribution in [0.2, 0.25) is 0 Å². The minimum Gasteiger partial charge on any atom is -0.483 e. The van der Waals surface area contributed by atoms with Crippen LogP contribution in [0.15, 0.2) is 24.3 Å². The van der Waals surface area contributed by atoms with E-state index in [4.69, 9.17) is 4.74 Å². The van der Waals surface area contributed by atoms with Gasteiger partial charge in [-0.2, -0.15) is 13.2 Å². The van der Waals surface area contributed by atoms with Gasteiger partial charge in [-0.1, -0.05) is 18.2 Å². The third-order valence-corrected chi connectivity index (χ3v) is 7.34. The molecule has 2 heterocycles.